The van der Waals surface area contributed by atoms with Gasteiger partial charge in [0.1, 0.15) is 22.6 Å². The molecule has 0 aromatic heterocycles. The summed E-state index contributed by atoms with van der Waals surface area (Å²) in [5, 5.41) is 69.1. The number of aliphatic hydroxyl groups excluding tert-OH is 4. The predicted octanol–water partition coefficient (Wildman–Crippen LogP) is 7.18. The molecule has 9 heteroatoms. The van der Waals surface area contributed by atoms with Crippen molar-refractivity contribution < 1.29 is 45.0 Å². The molecule has 6 aromatic carbocycles. The smallest absolute Gasteiger partial charge is 0.339 e. The van der Waals surface area contributed by atoms with Crippen molar-refractivity contribution in [2.75, 3.05) is 0 Å². The minimum Gasteiger partial charge on any atom is -0.478 e. The second kappa shape index (κ2) is 14.3. The molecule has 6 aromatic rings. The normalized spacial score (nSPS) is 14.2. The third kappa shape index (κ3) is 6.73. The molecule has 0 saturated carbocycles. The van der Waals surface area contributed by atoms with Crippen molar-refractivity contribution in [3.8, 4) is 11.5 Å². The van der Waals surface area contributed by atoms with Crippen LogP contribution in [0.5, 0.6) is 11.5 Å². The first-order valence-electron chi connectivity index (χ1n) is 17.1. The van der Waals surface area contributed by atoms with E-state index in [9.17, 15) is 40.2 Å². The Kier molecular flexibility index (Phi) is 10.0. The zero-order valence-electron chi connectivity index (χ0n) is 29.0. The highest BCUT2D eigenvalue weighted by Gasteiger charge is 2.28. The van der Waals surface area contributed by atoms with Crippen molar-refractivity contribution in [3.05, 3.63) is 106 Å². The van der Waals surface area contributed by atoms with Gasteiger partial charge in [0.05, 0.1) is 24.4 Å². The first-order valence-corrected chi connectivity index (χ1v) is 17.1. The van der Waals surface area contributed by atoms with E-state index in [2.05, 4.69) is 0 Å². The molecule has 0 radical (unpaired) electrons. The van der Waals surface area contributed by atoms with E-state index >= 15 is 0 Å². The molecule has 0 heterocycles. The molecule has 4 unspecified atom stereocenters. The topological polar surface area (TPSA) is 165 Å². The second-order valence-electron chi connectivity index (χ2n) is 13.7. The number of aliphatic hydroxyl groups is 4. The molecule has 0 aliphatic heterocycles. The zero-order chi connectivity index (χ0) is 36.7. The monoisotopic (exact) mass is 690 g/mol. The van der Waals surface area contributed by atoms with Crippen LogP contribution in [0.4, 0.5) is 0 Å². The van der Waals surface area contributed by atoms with Crippen LogP contribution in [0.2, 0.25) is 0 Å². The minimum atomic E-state index is -1.30. The average molecular weight is 691 g/mol. The van der Waals surface area contributed by atoms with Crippen LogP contribution in [0.1, 0.15) is 70.7 Å². The summed E-state index contributed by atoms with van der Waals surface area (Å²) < 4.78 is 6.80. The Morgan fingerprint density at radius 2 is 0.765 bits per heavy atom. The number of ether oxygens (including phenoxy) is 1. The zero-order valence-corrected chi connectivity index (χ0v) is 29.0. The summed E-state index contributed by atoms with van der Waals surface area (Å²) in [5.41, 5.74) is 2.30. The summed E-state index contributed by atoms with van der Waals surface area (Å²) in [4.78, 5) is 26.0. The van der Waals surface area contributed by atoms with E-state index in [0.29, 0.717) is 32.7 Å². The molecule has 0 saturated heterocycles. The predicted molar refractivity (Wildman–Crippen MR) is 198 cm³/mol. The van der Waals surface area contributed by atoms with Crippen LogP contribution in [-0.2, 0) is 25.7 Å². The SMILES string of the molecule is CC(O)Cc1c2ccccc2c(CC(C)O)c2c(Oc3c(C(=O)O)ccc4c(CC(C)O)c5ccccc5c(CC(C)O)c34)c(C(=O)O)ccc12. The largest absolute Gasteiger partial charge is 0.478 e. The lowest BCUT2D eigenvalue weighted by Gasteiger charge is -2.24. The van der Waals surface area contributed by atoms with Gasteiger partial charge in [-0.3, -0.25) is 0 Å². The fourth-order valence-corrected chi connectivity index (χ4v) is 7.54. The van der Waals surface area contributed by atoms with E-state index in [1.165, 1.54) is 12.1 Å². The molecular formula is C42H42O9. The van der Waals surface area contributed by atoms with Crippen molar-refractivity contribution in [3.63, 3.8) is 0 Å². The Balaban J connectivity index is 1.84. The molecule has 0 fully saturated rings. The first-order chi connectivity index (χ1) is 24.3. The van der Waals surface area contributed by atoms with Gasteiger partial charge in [0, 0.05) is 10.8 Å². The van der Waals surface area contributed by atoms with Crippen LogP contribution >= 0.6 is 0 Å². The number of carbonyl (C=O) groups is 2. The van der Waals surface area contributed by atoms with Gasteiger partial charge in [0.2, 0.25) is 0 Å². The van der Waals surface area contributed by atoms with Crippen molar-refractivity contribution in [1.29, 1.82) is 0 Å². The van der Waals surface area contributed by atoms with Crippen LogP contribution in [0.3, 0.4) is 0 Å². The van der Waals surface area contributed by atoms with Crippen molar-refractivity contribution in [2.24, 2.45) is 0 Å². The van der Waals surface area contributed by atoms with Crippen LogP contribution in [-0.4, -0.2) is 67.0 Å². The van der Waals surface area contributed by atoms with Gasteiger partial charge in [-0.05, 0) is 120 Å². The number of aromatic carboxylic acids is 2. The van der Waals surface area contributed by atoms with Gasteiger partial charge in [0.15, 0.2) is 0 Å². The Hall–Kier alpha value is -5.06. The summed E-state index contributed by atoms with van der Waals surface area (Å²) in [6, 6.07) is 21.2. The second-order valence-corrected chi connectivity index (χ2v) is 13.7. The Morgan fingerprint density at radius 1 is 0.471 bits per heavy atom. The van der Waals surface area contributed by atoms with Gasteiger partial charge in [-0.25, -0.2) is 9.59 Å². The molecular weight excluding hydrogens is 648 g/mol. The summed E-state index contributed by atoms with van der Waals surface area (Å²) >= 11 is 0. The Morgan fingerprint density at radius 3 is 1.06 bits per heavy atom. The maximum Gasteiger partial charge on any atom is 0.339 e. The summed E-state index contributed by atoms with van der Waals surface area (Å²) in [7, 11) is 0. The van der Waals surface area contributed by atoms with E-state index in [1.54, 1.807) is 39.8 Å². The summed E-state index contributed by atoms with van der Waals surface area (Å²) in [6.07, 6.45) is -2.43. The number of fused-ring (bicyclic) bond motifs is 4. The number of hydrogen-bond donors (Lipinski definition) is 6. The van der Waals surface area contributed by atoms with Gasteiger partial charge in [-0.15, -0.1) is 0 Å². The molecule has 6 rings (SSSR count). The summed E-state index contributed by atoms with van der Waals surface area (Å²) in [5.74, 6) is -2.81. The highest BCUT2D eigenvalue weighted by molar-refractivity contribution is 6.14. The molecule has 0 spiro atoms. The highest BCUT2D eigenvalue weighted by Crippen LogP contribution is 2.47. The van der Waals surface area contributed by atoms with Crippen molar-refractivity contribution in [2.45, 2.75) is 77.8 Å². The van der Waals surface area contributed by atoms with E-state index in [-0.39, 0.29) is 48.3 Å². The lowest BCUT2D eigenvalue weighted by atomic mass is 9.85. The minimum absolute atomic E-state index is 0.100. The van der Waals surface area contributed by atoms with E-state index in [4.69, 9.17) is 4.74 Å². The molecule has 264 valence electrons. The van der Waals surface area contributed by atoms with Gasteiger partial charge in [-0.2, -0.15) is 0 Å². The lowest BCUT2D eigenvalue weighted by molar-refractivity contribution is 0.0687. The van der Waals surface area contributed by atoms with Crippen LogP contribution in [0, 0.1) is 0 Å². The third-order valence-corrected chi connectivity index (χ3v) is 9.39. The third-order valence-electron chi connectivity index (χ3n) is 9.39. The molecule has 51 heavy (non-hydrogen) atoms. The Labute approximate surface area is 295 Å². The number of benzene rings is 6. The maximum atomic E-state index is 13.0. The molecule has 0 aliphatic rings. The number of carboxylic acids is 2. The highest BCUT2D eigenvalue weighted by atomic mass is 16.5. The summed E-state index contributed by atoms with van der Waals surface area (Å²) in [6.45, 7) is 6.61. The van der Waals surface area contributed by atoms with Crippen LogP contribution in [0.25, 0.3) is 43.1 Å². The lowest BCUT2D eigenvalue weighted by Crippen LogP contribution is -2.13. The number of carboxylic acid groups (broad SMARTS) is 2. The number of rotatable bonds is 12. The Bertz CT molecular complexity index is 2160. The van der Waals surface area contributed by atoms with E-state index < -0.39 is 36.4 Å². The maximum absolute atomic E-state index is 13.0. The fourth-order valence-electron chi connectivity index (χ4n) is 7.54. The number of hydrogen-bond acceptors (Lipinski definition) is 7. The van der Waals surface area contributed by atoms with Gasteiger partial charge >= 0.3 is 11.9 Å². The standard InChI is InChI=1S/C42H42O9/c1-21(43)17-33-25-9-5-7-11-27(25)35(19-23(3)45)37-29(33)13-15-31(41(47)48)39(37)51-40-32(42(49)50)16-14-30-34(18-22(2)44)26-10-6-8-12-28(26)36(38(30)40)20-24(4)46/h5-16,21-24,43-46H,17-20H2,1-4H3,(H,47,48)(H,49,50). The fraction of sp³-hybridized carbons (Fsp3) is 0.286. The van der Waals surface area contributed by atoms with Gasteiger partial charge in [-0.1, -0.05) is 60.7 Å². The van der Waals surface area contributed by atoms with Crippen LogP contribution < -0.4 is 4.74 Å². The first kappa shape index (κ1) is 35.8. The quantitative estimate of drug-likeness (QED) is 0.0730. The van der Waals surface area contributed by atoms with Crippen LogP contribution in [0.15, 0.2) is 72.8 Å². The molecule has 4 atom stereocenters. The molecule has 9 nitrogen and oxygen atoms in total. The molecule has 6 N–H and O–H groups in total. The molecule has 0 bridgehead atoms. The van der Waals surface area contributed by atoms with E-state index in [1.807, 2.05) is 48.5 Å². The van der Waals surface area contributed by atoms with Crippen molar-refractivity contribution in [1.82, 2.24) is 0 Å². The molecule has 0 amide bonds. The molecule has 0 aliphatic carbocycles. The average Bonchev–Trinajstić information content (AvgIpc) is 3.06. The van der Waals surface area contributed by atoms with Gasteiger partial charge in [0.25, 0.3) is 0 Å². The van der Waals surface area contributed by atoms with Gasteiger partial charge < -0.3 is 35.4 Å². The van der Waals surface area contributed by atoms with Crippen molar-refractivity contribution >= 4 is 55.0 Å². The van der Waals surface area contributed by atoms with E-state index in [0.717, 1.165) is 32.7 Å².